The first-order valence-corrected chi connectivity index (χ1v) is 4.78. The Morgan fingerprint density at radius 3 is 2.29 bits per heavy atom. The SMILES string of the molecule is CC(=O)ON(CC(=O)O)C(=O)c1ccccc1. The third-order valence-electron chi connectivity index (χ3n) is 1.76. The van der Waals surface area contributed by atoms with E-state index in [0.717, 1.165) is 6.92 Å². The smallest absolute Gasteiger partial charge is 0.329 e. The van der Waals surface area contributed by atoms with Gasteiger partial charge in [0.05, 0.1) is 0 Å². The van der Waals surface area contributed by atoms with Gasteiger partial charge >= 0.3 is 11.9 Å². The van der Waals surface area contributed by atoms with Crippen LogP contribution in [-0.2, 0) is 14.4 Å². The standard InChI is InChI=1S/C11H11NO5/c1-8(13)17-12(7-10(14)15)11(16)9-5-3-2-4-6-9/h2-6H,7H2,1H3,(H,14,15). The summed E-state index contributed by atoms with van der Waals surface area (Å²) in [5, 5.41) is 9.12. The van der Waals surface area contributed by atoms with Crippen LogP contribution in [0.4, 0.5) is 0 Å². The number of carbonyl (C=O) groups excluding carboxylic acids is 2. The summed E-state index contributed by atoms with van der Waals surface area (Å²) in [6, 6.07) is 7.96. The third-order valence-corrected chi connectivity index (χ3v) is 1.76. The van der Waals surface area contributed by atoms with E-state index in [9.17, 15) is 14.4 Å². The van der Waals surface area contributed by atoms with Crippen molar-refractivity contribution in [3.05, 3.63) is 35.9 Å². The van der Waals surface area contributed by atoms with Crippen molar-refractivity contribution in [2.24, 2.45) is 0 Å². The summed E-state index contributed by atoms with van der Waals surface area (Å²) in [4.78, 5) is 37.6. The van der Waals surface area contributed by atoms with E-state index < -0.39 is 24.4 Å². The topological polar surface area (TPSA) is 83.9 Å². The summed E-state index contributed by atoms with van der Waals surface area (Å²) < 4.78 is 0. The maximum Gasteiger partial charge on any atom is 0.329 e. The molecule has 6 nitrogen and oxygen atoms in total. The van der Waals surface area contributed by atoms with Crippen LogP contribution in [0.5, 0.6) is 0 Å². The number of hydrogen-bond donors (Lipinski definition) is 1. The number of carboxylic acid groups (broad SMARTS) is 1. The van der Waals surface area contributed by atoms with Crippen molar-refractivity contribution in [1.29, 1.82) is 0 Å². The summed E-state index contributed by atoms with van der Waals surface area (Å²) in [6.07, 6.45) is 0. The summed E-state index contributed by atoms with van der Waals surface area (Å²) in [5.74, 6) is -2.70. The summed E-state index contributed by atoms with van der Waals surface area (Å²) in [7, 11) is 0. The van der Waals surface area contributed by atoms with Crippen molar-refractivity contribution in [3.63, 3.8) is 0 Å². The van der Waals surface area contributed by atoms with Gasteiger partial charge in [-0.3, -0.25) is 14.4 Å². The molecule has 0 radical (unpaired) electrons. The molecule has 0 aliphatic rings. The number of amides is 1. The third kappa shape index (κ3) is 3.94. The molecule has 1 amide bonds. The van der Waals surface area contributed by atoms with Gasteiger partial charge in [0, 0.05) is 12.5 Å². The van der Waals surface area contributed by atoms with Crippen molar-refractivity contribution in [2.45, 2.75) is 6.92 Å². The Morgan fingerprint density at radius 1 is 1.24 bits per heavy atom. The summed E-state index contributed by atoms with van der Waals surface area (Å²) in [5.41, 5.74) is 0.245. The molecule has 0 saturated heterocycles. The Labute approximate surface area is 97.4 Å². The molecule has 1 aromatic rings. The van der Waals surface area contributed by atoms with E-state index >= 15 is 0 Å². The van der Waals surface area contributed by atoms with Crippen LogP contribution in [-0.4, -0.2) is 34.6 Å². The predicted molar refractivity (Wildman–Crippen MR) is 56.9 cm³/mol. The number of benzene rings is 1. The van der Waals surface area contributed by atoms with Crippen LogP contribution in [0.2, 0.25) is 0 Å². The number of hydrogen-bond acceptors (Lipinski definition) is 4. The van der Waals surface area contributed by atoms with E-state index in [1.54, 1.807) is 18.2 Å². The fourth-order valence-corrected chi connectivity index (χ4v) is 1.15. The number of aliphatic carboxylic acids is 1. The second kappa shape index (κ2) is 5.64. The Morgan fingerprint density at radius 2 is 1.82 bits per heavy atom. The maximum absolute atomic E-state index is 11.8. The highest BCUT2D eigenvalue weighted by atomic mass is 16.7. The van der Waals surface area contributed by atoms with Crippen molar-refractivity contribution in [3.8, 4) is 0 Å². The molecule has 17 heavy (non-hydrogen) atoms. The normalized spacial score (nSPS) is 9.47. The fourth-order valence-electron chi connectivity index (χ4n) is 1.15. The first-order valence-electron chi connectivity index (χ1n) is 4.78. The zero-order valence-corrected chi connectivity index (χ0v) is 9.12. The second-order valence-electron chi connectivity index (χ2n) is 3.18. The number of rotatable bonds is 3. The molecule has 0 bridgehead atoms. The van der Waals surface area contributed by atoms with E-state index in [1.807, 2.05) is 0 Å². The molecule has 0 saturated carbocycles. The van der Waals surface area contributed by atoms with E-state index in [4.69, 9.17) is 5.11 Å². The van der Waals surface area contributed by atoms with Gasteiger partial charge in [0.1, 0.15) is 0 Å². The Kier molecular flexibility index (Phi) is 4.21. The number of hydroxylamine groups is 2. The average molecular weight is 237 g/mol. The minimum absolute atomic E-state index is 0.245. The zero-order valence-electron chi connectivity index (χ0n) is 9.12. The minimum Gasteiger partial charge on any atom is -0.480 e. The van der Waals surface area contributed by atoms with Crippen molar-refractivity contribution in [1.82, 2.24) is 5.06 Å². The fraction of sp³-hybridized carbons (Fsp3) is 0.182. The molecular weight excluding hydrogens is 226 g/mol. The second-order valence-corrected chi connectivity index (χ2v) is 3.18. The lowest BCUT2D eigenvalue weighted by Gasteiger charge is -2.18. The lowest BCUT2D eigenvalue weighted by molar-refractivity contribution is -0.179. The summed E-state index contributed by atoms with van der Waals surface area (Å²) in [6.45, 7) is 0.389. The van der Waals surface area contributed by atoms with E-state index in [1.165, 1.54) is 12.1 Å². The van der Waals surface area contributed by atoms with E-state index in [0.29, 0.717) is 5.06 Å². The Hall–Kier alpha value is -2.37. The van der Waals surface area contributed by atoms with E-state index in [-0.39, 0.29) is 5.56 Å². The lowest BCUT2D eigenvalue weighted by atomic mass is 10.2. The highest BCUT2D eigenvalue weighted by molar-refractivity contribution is 5.95. The van der Waals surface area contributed by atoms with Gasteiger partial charge in [-0.05, 0) is 12.1 Å². The highest BCUT2D eigenvalue weighted by Gasteiger charge is 2.21. The molecular formula is C11H11NO5. The molecule has 0 spiro atoms. The Bertz CT molecular complexity index is 413. The summed E-state index contributed by atoms with van der Waals surface area (Å²) >= 11 is 0. The maximum atomic E-state index is 11.8. The van der Waals surface area contributed by atoms with Gasteiger partial charge in [0.2, 0.25) is 0 Å². The minimum atomic E-state index is -1.27. The molecule has 0 fully saturated rings. The highest BCUT2D eigenvalue weighted by Crippen LogP contribution is 2.05. The van der Waals surface area contributed by atoms with Crippen LogP contribution in [0.3, 0.4) is 0 Å². The molecule has 1 rings (SSSR count). The molecule has 0 aromatic heterocycles. The van der Waals surface area contributed by atoms with Crippen LogP contribution in [0.15, 0.2) is 30.3 Å². The lowest BCUT2D eigenvalue weighted by Crippen LogP contribution is -2.37. The molecule has 1 aromatic carbocycles. The van der Waals surface area contributed by atoms with Gasteiger partial charge < -0.3 is 9.94 Å². The molecule has 0 atom stereocenters. The van der Waals surface area contributed by atoms with Gasteiger partial charge in [-0.1, -0.05) is 18.2 Å². The van der Waals surface area contributed by atoms with Crippen LogP contribution < -0.4 is 0 Å². The van der Waals surface area contributed by atoms with Crippen LogP contribution in [0, 0.1) is 0 Å². The quantitative estimate of drug-likeness (QED) is 0.782. The van der Waals surface area contributed by atoms with Crippen molar-refractivity contribution < 1.29 is 24.3 Å². The Balaban J connectivity index is 2.86. The van der Waals surface area contributed by atoms with E-state index in [2.05, 4.69) is 4.84 Å². The van der Waals surface area contributed by atoms with Gasteiger partial charge in [-0.2, -0.15) is 5.06 Å². The molecule has 90 valence electrons. The molecule has 0 heterocycles. The monoisotopic (exact) mass is 237 g/mol. The first-order chi connectivity index (χ1) is 8.00. The predicted octanol–water partition coefficient (Wildman–Crippen LogP) is 0.692. The van der Waals surface area contributed by atoms with Gasteiger partial charge in [-0.25, -0.2) is 0 Å². The van der Waals surface area contributed by atoms with Gasteiger partial charge in [0.15, 0.2) is 6.54 Å². The van der Waals surface area contributed by atoms with Crippen LogP contribution in [0.25, 0.3) is 0 Å². The number of carbonyl (C=O) groups is 3. The average Bonchev–Trinajstić information content (AvgIpc) is 2.27. The first kappa shape index (κ1) is 12.7. The number of carboxylic acids is 1. The molecule has 0 aliphatic heterocycles. The van der Waals surface area contributed by atoms with Crippen molar-refractivity contribution in [2.75, 3.05) is 6.54 Å². The van der Waals surface area contributed by atoms with Gasteiger partial charge in [-0.15, -0.1) is 0 Å². The molecule has 6 heteroatoms. The zero-order chi connectivity index (χ0) is 12.8. The molecule has 0 unspecified atom stereocenters. The molecule has 1 N–H and O–H groups in total. The largest absolute Gasteiger partial charge is 0.480 e. The van der Waals surface area contributed by atoms with Gasteiger partial charge in [0.25, 0.3) is 5.91 Å². The van der Waals surface area contributed by atoms with Crippen LogP contribution in [0.1, 0.15) is 17.3 Å². The number of nitrogens with zero attached hydrogens (tertiary/aromatic N) is 1. The van der Waals surface area contributed by atoms with Crippen LogP contribution >= 0.6 is 0 Å². The van der Waals surface area contributed by atoms with Crippen molar-refractivity contribution >= 4 is 17.8 Å². The molecule has 0 aliphatic carbocycles.